The van der Waals surface area contributed by atoms with Crippen molar-refractivity contribution >= 4 is 23.8 Å². The molecule has 2 atom stereocenters. The van der Waals surface area contributed by atoms with Gasteiger partial charge in [-0.25, -0.2) is 4.79 Å². The first kappa shape index (κ1) is 21.4. The fraction of sp³-hybridized carbons (Fsp3) is 0.857. The molecule has 2 rings (SSSR count). The van der Waals surface area contributed by atoms with Crippen LogP contribution in [0, 0.1) is 0 Å². The summed E-state index contributed by atoms with van der Waals surface area (Å²) in [6, 6.07) is 0.815. The highest BCUT2D eigenvalue weighted by Crippen LogP contribution is 2.20. The molecule has 2 aliphatic rings. The van der Waals surface area contributed by atoms with Crippen LogP contribution in [0.25, 0.3) is 0 Å². The van der Waals surface area contributed by atoms with Gasteiger partial charge < -0.3 is 15.7 Å². The molecule has 0 aromatic heterocycles. The van der Waals surface area contributed by atoms with Crippen molar-refractivity contribution in [3.63, 3.8) is 0 Å². The van der Waals surface area contributed by atoms with Crippen LogP contribution in [0.3, 0.4) is 0 Å². The lowest BCUT2D eigenvalue weighted by atomic mass is 10.2. The Morgan fingerprint density at radius 3 is 1.95 bits per heavy atom. The van der Waals surface area contributed by atoms with Gasteiger partial charge in [-0.3, -0.25) is 4.79 Å². The molecule has 0 aliphatic carbocycles. The highest BCUT2D eigenvalue weighted by molar-refractivity contribution is 7.99. The molecule has 6 heteroatoms. The molecule has 2 heterocycles. The van der Waals surface area contributed by atoms with Gasteiger partial charge in [0, 0.05) is 17.9 Å². The molecule has 3 N–H and O–H groups in total. The van der Waals surface area contributed by atoms with Crippen molar-refractivity contribution in [2.24, 2.45) is 0 Å². The molecule has 2 amide bonds. The fourth-order valence-corrected chi connectivity index (χ4v) is 2.82. The number of fused-ring (bicyclic) bond motifs is 1. The van der Waals surface area contributed by atoms with Crippen LogP contribution in [0.1, 0.15) is 53.9 Å². The molecule has 0 saturated carbocycles. The summed E-state index contributed by atoms with van der Waals surface area (Å²) in [6.07, 6.45) is 2.08. The van der Waals surface area contributed by atoms with E-state index in [4.69, 9.17) is 5.11 Å². The predicted molar refractivity (Wildman–Crippen MR) is 86.4 cm³/mol. The van der Waals surface area contributed by atoms with Crippen molar-refractivity contribution in [1.82, 2.24) is 10.6 Å². The molecule has 0 aromatic carbocycles. The molecule has 2 aliphatic heterocycles. The average Bonchev–Trinajstić information content (AvgIpc) is 3.02. The first-order valence-corrected chi connectivity index (χ1v) is 8.65. The molecule has 0 spiro atoms. The molecule has 5 nitrogen and oxygen atoms in total. The zero-order valence-electron chi connectivity index (χ0n) is 13.4. The van der Waals surface area contributed by atoms with Crippen LogP contribution in [0.2, 0.25) is 0 Å². The third kappa shape index (κ3) is 9.95. The first-order valence-electron chi connectivity index (χ1n) is 7.50. The van der Waals surface area contributed by atoms with Crippen molar-refractivity contribution in [1.29, 1.82) is 0 Å². The third-order valence-electron chi connectivity index (χ3n) is 2.46. The van der Waals surface area contributed by atoms with Crippen molar-refractivity contribution in [3.05, 3.63) is 0 Å². The highest BCUT2D eigenvalue weighted by atomic mass is 32.2. The number of hydrogen-bond donors (Lipinski definition) is 3. The van der Waals surface area contributed by atoms with Crippen LogP contribution in [0.5, 0.6) is 0 Å². The van der Waals surface area contributed by atoms with Gasteiger partial charge in [0.1, 0.15) is 0 Å². The predicted octanol–water partition coefficient (Wildman–Crippen LogP) is 3.10. The second-order valence-electron chi connectivity index (χ2n) is 3.87. The number of aliphatic carboxylic acids is 1. The Bertz CT molecular complexity index is 249. The second-order valence-corrected chi connectivity index (χ2v) is 4.94. The van der Waals surface area contributed by atoms with E-state index in [-0.39, 0.29) is 6.03 Å². The van der Waals surface area contributed by atoms with Gasteiger partial charge in [0.15, 0.2) is 0 Å². The van der Waals surface area contributed by atoms with Gasteiger partial charge in [0.2, 0.25) is 0 Å². The largest absolute Gasteiger partial charge is 0.481 e. The monoisotopic (exact) mass is 306 g/mol. The van der Waals surface area contributed by atoms with Crippen molar-refractivity contribution in [3.8, 4) is 0 Å². The molecular formula is C14H30N2O3S. The van der Waals surface area contributed by atoms with Crippen molar-refractivity contribution in [2.45, 2.75) is 66.0 Å². The van der Waals surface area contributed by atoms with E-state index < -0.39 is 5.97 Å². The number of nitrogens with one attached hydrogen (secondary N) is 2. The number of unbranched alkanes of at least 4 members (excludes halogenated alkanes) is 1. The van der Waals surface area contributed by atoms with E-state index in [0.717, 1.165) is 24.3 Å². The summed E-state index contributed by atoms with van der Waals surface area (Å²) in [5.74, 6) is 1.45. The quantitative estimate of drug-likeness (QED) is 0.700. The topological polar surface area (TPSA) is 78.4 Å². The second kappa shape index (κ2) is 14.5. The Kier molecular flexibility index (Phi) is 15.5. The third-order valence-corrected chi connectivity index (χ3v) is 3.65. The van der Waals surface area contributed by atoms with E-state index in [9.17, 15) is 9.59 Å². The molecule has 0 bridgehead atoms. The van der Waals surface area contributed by atoms with Gasteiger partial charge in [-0.05, 0) is 6.42 Å². The number of amides is 2. The zero-order valence-corrected chi connectivity index (χ0v) is 14.2. The number of carbonyl (C=O) groups is 2. The normalized spacial score (nSPS) is 21.6. The van der Waals surface area contributed by atoms with Crippen LogP contribution < -0.4 is 10.6 Å². The van der Waals surface area contributed by atoms with Crippen LogP contribution in [0.4, 0.5) is 4.79 Å². The van der Waals surface area contributed by atoms with Crippen LogP contribution in [-0.4, -0.2) is 40.7 Å². The lowest BCUT2D eigenvalue weighted by Gasteiger charge is -2.02. The fourth-order valence-electron chi connectivity index (χ4n) is 1.55. The Morgan fingerprint density at radius 2 is 1.65 bits per heavy atom. The molecule has 2 unspecified atom stereocenters. The smallest absolute Gasteiger partial charge is 0.315 e. The molecule has 2 fully saturated rings. The van der Waals surface area contributed by atoms with Gasteiger partial charge in [0.05, 0.1) is 12.1 Å². The summed E-state index contributed by atoms with van der Waals surface area (Å²) >= 11 is 1.89. The van der Waals surface area contributed by atoms with E-state index in [1.54, 1.807) is 0 Å². The van der Waals surface area contributed by atoms with E-state index >= 15 is 0 Å². The summed E-state index contributed by atoms with van der Waals surface area (Å²) in [5.41, 5.74) is 0. The van der Waals surface area contributed by atoms with E-state index in [1.807, 2.05) is 46.4 Å². The lowest BCUT2D eigenvalue weighted by Crippen LogP contribution is -2.31. The SMILES string of the molecule is CC.CC.CCCCC(=O)O.O=C1NC2CSCC2N1. The minimum atomic E-state index is -0.693. The number of thioether (sulfide) groups is 1. The molecule has 20 heavy (non-hydrogen) atoms. The Hall–Kier alpha value is -0.910. The maximum atomic E-state index is 10.6. The first-order chi connectivity index (χ1) is 9.63. The van der Waals surface area contributed by atoms with E-state index in [1.165, 1.54) is 0 Å². The summed E-state index contributed by atoms with van der Waals surface area (Å²) in [7, 11) is 0. The molecular weight excluding hydrogens is 276 g/mol. The Balaban J connectivity index is 0. The summed E-state index contributed by atoms with van der Waals surface area (Å²) < 4.78 is 0. The van der Waals surface area contributed by atoms with Crippen LogP contribution in [-0.2, 0) is 4.79 Å². The maximum absolute atomic E-state index is 10.6. The number of carboxylic acids is 1. The highest BCUT2D eigenvalue weighted by Gasteiger charge is 2.35. The van der Waals surface area contributed by atoms with Gasteiger partial charge >= 0.3 is 12.0 Å². The minimum absolute atomic E-state index is 0.00491. The van der Waals surface area contributed by atoms with Crippen LogP contribution in [0.15, 0.2) is 0 Å². The number of urea groups is 1. The van der Waals surface area contributed by atoms with E-state index in [2.05, 4.69) is 10.6 Å². The average molecular weight is 306 g/mol. The van der Waals surface area contributed by atoms with Gasteiger partial charge in [0.25, 0.3) is 0 Å². The Morgan fingerprint density at radius 1 is 1.20 bits per heavy atom. The molecule has 0 aromatic rings. The zero-order chi connectivity index (χ0) is 16.0. The van der Waals surface area contributed by atoms with Gasteiger partial charge in [-0.15, -0.1) is 0 Å². The Labute approximate surface area is 127 Å². The molecule has 0 radical (unpaired) electrons. The number of rotatable bonds is 3. The number of carboxylic acid groups (broad SMARTS) is 1. The molecule has 120 valence electrons. The standard InChI is InChI=1S/C5H8N2OS.C5H10O2.2C2H6/c8-5-6-3-1-9-2-4(3)7-5;1-2-3-4-5(6)7;2*1-2/h3-4H,1-2H2,(H2,6,7,8);2-4H2,1H3,(H,6,7);2*1-2H3. The van der Waals surface area contributed by atoms with Crippen molar-refractivity contribution < 1.29 is 14.7 Å². The van der Waals surface area contributed by atoms with Crippen molar-refractivity contribution in [2.75, 3.05) is 11.5 Å². The number of hydrogen-bond acceptors (Lipinski definition) is 3. The minimum Gasteiger partial charge on any atom is -0.481 e. The lowest BCUT2D eigenvalue weighted by molar-refractivity contribution is -0.137. The maximum Gasteiger partial charge on any atom is 0.315 e. The van der Waals surface area contributed by atoms with Crippen LogP contribution >= 0.6 is 11.8 Å². The summed E-state index contributed by atoms with van der Waals surface area (Å²) in [4.78, 5) is 20.4. The van der Waals surface area contributed by atoms with E-state index in [0.29, 0.717) is 18.5 Å². The van der Waals surface area contributed by atoms with Gasteiger partial charge in [-0.1, -0.05) is 41.0 Å². The summed E-state index contributed by atoms with van der Waals surface area (Å²) in [6.45, 7) is 9.98. The molecule has 2 saturated heterocycles. The summed E-state index contributed by atoms with van der Waals surface area (Å²) in [5, 5.41) is 13.7. The van der Waals surface area contributed by atoms with Gasteiger partial charge in [-0.2, -0.15) is 11.8 Å². The number of carbonyl (C=O) groups excluding carboxylic acids is 1.